The Kier molecular flexibility index (Phi) is 10.1. The van der Waals surface area contributed by atoms with Crippen LogP contribution in [-0.4, -0.2) is 68.4 Å². The van der Waals surface area contributed by atoms with Gasteiger partial charge in [-0.25, -0.2) is 19.6 Å². The molecular formula is C22H24F6N4O5S. The number of aliphatic carboxylic acids is 2. The number of hydrogen-bond acceptors (Lipinski definition) is 7. The van der Waals surface area contributed by atoms with E-state index in [1.165, 1.54) is 0 Å². The molecule has 210 valence electrons. The fourth-order valence-corrected chi connectivity index (χ4v) is 3.81. The van der Waals surface area contributed by atoms with Gasteiger partial charge in [0.2, 0.25) is 5.91 Å². The molecule has 0 spiro atoms. The van der Waals surface area contributed by atoms with E-state index in [0.29, 0.717) is 12.5 Å². The third-order valence-corrected chi connectivity index (χ3v) is 5.96. The molecule has 2 aliphatic rings. The molecule has 3 heterocycles. The number of nitrogens with zero attached hydrogens (tertiary/aromatic N) is 4. The van der Waals surface area contributed by atoms with Crippen LogP contribution in [0.2, 0.25) is 0 Å². The fraction of sp³-hybridized carbons (Fsp3) is 0.500. The molecule has 9 nitrogen and oxygen atoms in total. The van der Waals surface area contributed by atoms with Crippen molar-refractivity contribution in [2.75, 3.05) is 18.0 Å². The van der Waals surface area contributed by atoms with Crippen molar-refractivity contribution in [3.8, 4) is 0 Å². The van der Waals surface area contributed by atoms with E-state index in [2.05, 4.69) is 21.3 Å². The first-order valence-corrected chi connectivity index (χ1v) is 11.9. The van der Waals surface area contributed by atoms with Crippen molar-refractivity contribution in [1.29, 1.82) is 0 Å². The summed E-state index contributed by atoms with van der Waals surface area (Å²) >= 11 is 1.68. The smallest absolute Gasteiger partial charge is 0.475 e. The van der Waals surface area contributed by atoms with Crippen LogP contribution in [0, 0.1) is 19.8 Å². The summed E-state index contributed by atoms with van der Waals surface area (Å²) in [4.78, 5) is 44.0. The molecule has 0 bridgehead atoms. The van der Waals surface area contributed by atoms with E-state index >= 15 is 0 Å². The van der Waals surface area contributed by atoms with Crippen LogP contribution in [0.25, 0.3) is 0 Å². The van der Waals surface area contributed by atoms with E-state index in [1.54, 1.807) is 11.3 Å². The van der Waals surface area contributed by atoms with Crippen LogP contribution in [0.3, 0.4) is 0 Å². The van der Waals surface area contributed by atoms with Crippen LogP contribution >= 0.6 is 11.3 Å². The minimum absolute atomic E-state index is 0.264. The number of aromatic nitrogens is 2. The van der Waals surface area contributed by atoms with Crippen LogP contribution in [0.1, 0.15) is 34.8 Å². The molecule has 0 unspecified atom stereocenters. The highest BCUT2D eigenvalue weighted by Crippen LogP contribution is 2.33. The van der Waals surface area contributed by atoms with Gasteiger partial charge in [0.1, 0.15) is 5.82 Å². The number of carbonyl (C=O) groups is 3. The molecule has 0 radical (unpaired) electrons. The van der Waals surface area contributed by atoms with Gasteiger partial charge >= 0.3 is 24.3 Å². The fourth-order valence-electron chi connectivity index (χ4n) is 3.21. The highest BCUT2D eigenvalue weighted by molar-refractivity contribution is 7.09. The Morgan fingerprint density at radius 2 is 1.53 bits per heavy atom. The molecule has 4 rings (SSSR count). The molecule has 1 aliphatic heterocycles. The summed E-state index contributed by atoms with van der Waals surface area (Å²) in [6.45, 7) is 7.03. The zero-order valence-electron chi connectivity index (χ0n) is 20.1. The summed E-state index contributed by atoms with van der Waals surface area (Å²) < 4.78 is 63.5. The number of carboxylic acid groups (broad SMARTS) is 2. The van der Waals surface area contributed by atoms with Crippen LogP contribution in [0.5, 0.6) is 0 Å². The first kappa shape index (κ1) is 30.8. The van der Waals surface area contributed by atoms with Crippen molar-refractivity contribution in [2.24, 2.45) is 5.92 Å². The maximum atomic E-state index is 12.5. The van der Waals surface area contributed by atoms with Crippen LogP contribution in [-0.2, 0) is 27.5 Å². The normalized spacial score (nSPS) is 15.3. The number of alkyl halides is 6. The number of aryl methyl sites for hydroxylation is 2. The average Bonchev–Trinajstić information content (AvgIpc) is 3.59. The van der Waals surface area contributed by atoms with E-state index in [-0.39, 0.29) is 5.92 Å². The molecular weight excluding hydrogens is 546 g/mol. The predicted octanol–water partition coefficient (Wildman–Crippen LogP) is 4.18. The molecule has 0 aromatic carbocycles. The van der Waals surface area contributed by atoms with Gasteiger partial charge in [-0.05, 0) is 32.8 Å². The van der Waals surface area contributed by atoms with Gasteiger partial charge in [0, 0.05) is 42.2 Å². The lowest BCUT2D eigenvalue weighted by atomic mass is 10.2. The number of halogens is 6. The summed E-state index contributed by atoms with van der Waals surface area (Å²) in [5.41, 5.74) is 3.22. The van der Waals surface area contributed by atoms with Crippen molar-refractivity contribution in [1.82, 2.24) is 14.9 Å². The van der Waals surface area contributed by atoms with Crippen molar-refractivity contribution >= 4 is 35.0 Å². The van der Waals surface area contributed by atoms with Crippen molar-refractivity contribution in [3.63, 3.8) is 0 Å². The van der Waals surface area contributed by atoms with E-state index < -0.39 is 24.3 Å². The molecule has 2 aromatic heterocycles. The molecule has 1 aliphatic carbocycles. The zero-order chi connectivity index (χ0) is 28.8. The number of carbonyl (C=O) groups excluding carboxylic acids is 1. The lowest BCUT2D eigenvalue weighted by Crippen LogP contribution is -2.36. The lowest BCUT2D eigenvalue weighted by Gasteiger charge is -2.23. The van der Waals surface area contributed by atoms with Gasteiger partial charge in [-0.2, -0.15) is 26.3 Å². The molecule has 1 amide bonds. The Bertz CT molecular complexity index is 1130. The number of carboxylic acids is 2. The Morgan fingerprint density at radius 1 is 0.974 bits per heavy atom. The Hall–Kier alpha value is -3.43. The lowest BCUT2D eigenvalue weighted by molar-refractivity contribution is -0.193. The Labute approximate surface area is 216 Å². The number of thiazole rings is 1. The van der Waals surface area contributed by atoms with Crippen molar-refractivity contribution in [3.05, 3.63) is 39.5 Å². The monoisotopic (exact) mass is 570 g/mol. The molecule has 38 heavy (non-hydrogen) atoms. The molecule has 2 N–H and O–H groups in total. The van der Waals surface area contributed by atoms with Gasteiger partial charge < -0.3 is 20.0 Å². The minimum atomic E-state index is -5.08. The summed E-state index contributed by atoms with van der Waals surface area (Å²) in [7, 11) is 0. The van der Waals surface area contributed by atoms with Gasteiger partial charge in [-0.1, -0.05) is 6.07 Å². The van der Waals surface area contributed by atoms with Gasteiger partial charge in [-0.3, -0.25) is 4.79 Å². The molecule has 16 heteroatoms. The van der Waals surface area contributed by atoms with Crippen LogP contribution < -0.4 is 4.90 Å². The van der Waals surface area contributed by atoms with E-state index in [1.807, 2.05) is 24.8 Å². The summed E-state index contributed by atoms with van der Waals surface area (Å²) in [6.07, 6.45) is -8.06. The number of hydrogen-bond donors (Lipinski definition) is 2. The Balaban J connectivity index is 0.000000301. The quantitative estimate of drug-likeness (QED) is 0.527. The number of rotatable bonds is 3. The zero-order valence-corrected chi connectivity index (χ0v) is 21.0. The molecule has 1 fully saturated rings. The highest BCUT2D eigenvalue weighted by Gasteiger charge is 2.39. The van der Waals surface area contributed by atoms with Gasteiger partial charge in [-0.15, -0.1) is 11.3 Å². The average molecular weight is 571 g/mol. The second-order valence-corrected chi connectivity index (χ2v) is 9.42. The third kappa shape index (κ3) is 9.46. The van der Waals surface area contributed by atoms with Gasteiger partial charge in [0.25, 0.3) is 0 Å². The maximum absolute atomic E-state index is 12.5. The summed E-state index contributed by atoms with van der Waals surface area (Å²) in [6, 6.07) is 4.16. The number of anilines is 1. The molecule has 0 saturated heterocycles. The first-order chi connectivity index (χ1) is 17.5. The Morgan fingerprint density at radius 3 is 1.97 bits per heavy atom. The maximum Gasteiger partial charge on any atom is 0.490 e. The third-order valence-electron chi connectivity index (χ3n) is 5.14. The largest absolute Gasteiger partial charge is 0.490 e. The number of fused-ring (bicyclic) bond motifs is 1. The van der Waals surface area contributed by atoms with Crippen molar-refractivity contribution in [2.45, 2.75) is 52.1 Å². The topological polar surface area (TPSA) is 124 Å². The minimum Gasteiger partial charge on any atom is -0.475 e. The van der Waals surface area contributed by atoms with Gasteiger partial charge in [0.05, 0.1) is 17.2 Å². The first-order valence-electron chi connectivity index (χ1n) is 11.0. The summed E-state index contributed by atoms with van der Waals surface area (Å²) in [5.74, 6) is -3.93. The SMILES string of the molecule is Cc1ccc2c(n1)N(Cc1csc(C)n1)CCN(C(=O)C1CC1)C2.O=C(O)C(F)(F)F.O=C(O)C(F)(F)F. The number of pyridine rings is 1. The summed E-state index contributed by atoms with van der Waals surface area (Å²) in [5, 5.41) is 17.4. The van der Waals surface area contributed by atoms with E-state index in [4.69, 9.17) is 24.8 Å². The molecule has 0 atom stereocenters. The van der Waals surface area contributed by atoms with Crippen molar-refractivity contribution < 1.29 is 50.9 Å². The van der Waals surface area contributed by atoms with Gasteiger partial charge in [0.15, 0.2) is 0 Å². The standard InChI is InChI=1S/C18H22N4OS.2C2HF3O2/c1-12-3-4-15-9-22(18(23)14-5-6-14)8-7-21(17(15)19-12)10-16-11-24-13(2)20-16;2*3-2(4,5)1(6)7/h3-4,11,14H,5-10H2,1-2H3;2*(H,6,7). The van der Waals surface area contributed by atoms with E-state index in [9.17, 15) is 31.1 Å². The predicted molar refractivity (Wildman–Crippen MR) is 122 cm³/mol. The highest BCUT2D eigenvalue weighted by atomic mass is 32.1. The molecule has 2 aromatic rings. The van der Waals surface area contributed by atoms with Crippen LogP contribution in [0.15, 0.2) is 17.5 Å². The second-order valence-electron chi connectivity index (χ2n) is 8.35. The number of amides is 1. The molecule has 1 saturated carbocycles. The van der Waals surface area contributed by atoms with Crippen LogP contribution in [0.4, 0.5) is 32.2 Å². The van der Waals surface area contributed by atoms with E-state index in [0.717, 1.165) is 60.3 Å². The second kappa shape index (κ2) is 12.4.